The Morgan fingerprint density at radius 3 is 2.00 bits per heavy atom. The predicted octanol–water partition coefficient (Wildman–Crippen LogP) is 5.57. The second kappa shape index (κ2) is 13.7. The van der Waals surface area contributed by atoms with Gasteiger partial charge in [-0.3, -0.25) is 13.9 Å². The molecule has 41 heavy (non-hydrogen) atoms. The van der Waals surface area contributed by atoms with Crippen molar-refractivity contribution in [2.45, 2.75) is 23.9 Å². The third kappa shape index (κ3) is 7.47. The molecule has 0 heterocycles. The Bertz CT molecular complexity index is 1590. The molecule has 1 N–H and O–H groups in total. The Labute approximate surface area is 250 Å². The van der Waals surface area contributed by atoms with Crippen LogP contribution in [-0.4, -0.2) is 44.8 Å². The second-order valence-corrected chi connectivity index (χ2v) is 11.9. The van der Waals surface area contributed by atoms with Gasteiger partial charge in [-0.25, -0.2) is 8.42 Å². The van der Waals surface area contributed by atoms with Crippen LogP contribution in [0.25, 0.3) is 0 Å². The summed E-state index contributed by atoms with van der Waals surface area (Å²) >= 11 is 12.6. The zero-order valence-electron chi connectivity index (χ0n) is 22.3. The van der Waals surface area contributed by atoms with E-state index in [9.17, 15) is 18.0 Å². The van der Waals surface area contributed by atoms with Crippen LogP contribution in [0.3, 0.4) is 0 Å². The Morgan fingerprint density at radius 2 is 1.41 bits per heavy atom. The Morgan fingerprint density at radius 1 is 0.829 bits per heavy atom. The molecule has 10 heteroatoms. The summed E-state index contributed by atoms with van der Waals surface area (Å²) in [5, 5.41) is 3.40. The highest BCUT2D eigenvalue weighted by Gasteiger charge is 2.34. The Balaban J connectivity index is 1.78. The van der Waals surface area contributed by atoms with Crippen LogP contribution < -0.4 is 9.62 Å². The van der Waals surface area contributed by atoms with Crippen LogP contribution in [0.4, 0.5) is 5.69 Å². The molecule has 4 aromatic rings. The summed E-state index contributed by atoms with van der Waals surface area (Å²) in [6.07, 6.45) is 0.203. The largest absolute Gasteiger partial charge is 0.357 e. The van der Waals surface area contributed by atoms with Gasteiger partial charge in [-0.15, -0.1) is 0 Å². The van der Waals surface area contributed by atoms with Gasteiger partial charge in [-0.1, -0.05) is 96.0 Å². The van der Waals surface area contributed by atoms with E-state index in [1.807, 2.05) is 30.3 Å². The van der Waals surface area contributed by atoms with E-state index in [1.54, 1.807) is 66.7 Å². The molecular formula is C31H29Cl2N3O4S. The van der Waals surface area contributed by atoms with E-state index >= 15 is 0 Å². The maximum atomic E-state index is 14.2. The first kappa shape index (κ1) is 30.1. The first-order chi connectivity index (χ1) is 19.7. The van der Waals surface area contributed by atoms with Crippen LogP contribution >= 0.6 is 23.2 Å². The lowest BCUT2D eigenvalue weighted by atomic mass is 10.0. The number of carbonyl (C=O) groups is 2. The van der Waals surface area contributed by atoms with Crippen LogP contribution in [0.2, 0.25) is 10.0 Å². The van der Waals surface area contributed by atoms with Gasteiger partial charge >= 0.3 is 0 Å². The van der Waals surface area contributed by atoms with Gasteiger partial charge in [0.05, 0.1) is 10.6 Å². The third-order valence-electron chi connectivity index (χ3n) is 6.53. The molecule has 4 aromatic carbocycles. The van der Waals surface area contributed by atoms with E-state index in [4.69, 9.17) is 23.2 Å². The number of hydrogen-bond donors (Lipinski definition) is 1. The normalized spacial score (nSPS) is 11.9. The third-order valence-corrected chi connectivity index (χ3v) is 8.90. The van der Waals surface area contributed by atoms with Gasteiger partial charge in [0.15, 0.2) is 0 Å². The summed E-state index contributed by atoms with van der Waals surface area (Å²) < 4.78 is 28.7. The van der Waals surface area contributed by atoms with Crippen molar-refractivity contribution in [3.8, 4) is 0 Å². The number of amides is 2. The number of nitrogens with one attached hydrogen (secondary N) is 1. The summed E-state index contributed by atoms with van der Waals surface area (Å²) in [7, 11) is -2.64. The molecule has 4 rings (SSSR count). The van der Waals surface area contributed by atoms with Crippen molar-refractivity contribution in [3.05, 3.63) is 130 Å². The van der Waals surface area contributed by atoms with Crippen molar-refractivity contribution in [2.24, 2.45) is 0 Å². The smallest absolute Gasteiger partial charge is 0.264 e. The highest BCUT2D eigenvalue weighted by atomic mass is 35.5. The highest BCUT2D eigenvalue weighted by Crippen LogP contribution is 2.27. The number of anilines is 1. The fraction of sp³-hybridized carbons (Fsp3) is 0.161. The molecule has 0 unspecified atom stereocenters. The summed E-state index contributed by atoms with van der Waals surface area (Å²) in [6.45, 7) is -0.595. The Kier molecular flexibility index (Phi) is 10.0. The van der Waals surface area contributed by atoms with Crippen molar-refractivity contribution in [1.29, 1.82) is 0 Å². The lowest BCUT2D eigenvalue weighted by molar-refractivity contribution is -0.139. The van der Waals surface area contributed by atoms with Crippen LogP contribution in [0, 0.1) is 0 Å². The van der Waals surface area contributed by atoms with Gasteiger partial charge in [0.25, 0.3) is 10.0 Å². The van der Waals surface area contributed by atoms with Gasteiger partial charge in [0.1, 0.15) is 12.6 Å². The van der Waals surface area contributed by atoms with Gasteiger partial charge in [-0.2, -0.15) is 0 Å². The molecule has 2 amide bonds. The molecule has 0 aliphatic heterocycles. The van der Waals surface area contributed by atoms with Crippen LogP contribution in [0.5, 0.6) is 0 Å². The predicted molar refractivity (Wildman–Crippen MR) is 162 cm³/mol. The lowest BCUT2D eigenvalue weighted by Crippen LogP contribution is -2.53. The monoisotopic (exact) mass is 609 g/mol. The average Bonchev–Trinajstić information content (AvgIpc) is 2.99. The minimum atomic E-state index is -4.14. The topological polar surface area (TPSA) is 86.8 Å². The van der Waals surface area contributed by atoms with E-state index in [0.29, 0.717) is 21.3 Å². The zero-order chi connectivity index (χ0) is 29.4. The number of likely N-dealkylation sites (N-methyl/N-ethyl adjacent to an activating group) is 1. The number of benzene rings is 4. The molecule has 1 atom stereocenters. The van der Waals surface area contributed by atoms with Crippen molar-refractivity contribution >= 4 is 50.7 Å². The number of nitrogens with zero attached hydrogens (tertiary/aromatic N) is 2. The van der Waals surface area contributed by atoms with E-state index in [0.717, 1.165) is 9.87 Å². The van der Waals surface area contributed by atoms with E-state index in [-0.39, 0.29) is 17.9 Å². The van der Waals surface area contributed by atoms with Crippen LogP contribution in [0.1, 0.15) is 11.1 Å². The molecule has 0 aromatic heterocycles. The summed E-state index contributed by atoms with van der Waals surface area (Å²) in [5.74, 6) is -0.978. The minimum Gasteiger partial charge on any atom is -0.357 e. The maximum Gasteiger partial charge on any atom is 0.264 e. The molecule has 0 spiro atoms. The van der Waals surface area contributed by atoms with E-state index in [2.05, 4.69) is 5.32 Å². The number of rotatable bonds is 11. The van der Waals surface area contributed by atoms with Gasteiger partial charge in [0, 0.05) is 30.1 Å². The molecule has 0 saturated carbocycles. The molecule has 0 aliphatic carbocycles. The van der Waals surface area contributed by atoms with Crippen molar-refractivity contribution in [3.63, 3.8) is 0 Å². The summed E-state index contributed by atoms with van der Waals surface area (Å²) in [5.41, 5.74) is 1.70. The Hall–Kier alpha value is -3.85. The van der Waals surface area contributed by atoms with E-state index in [1.165, 1.54) is 24.1 Å². The van der Waals surface area contributed by atoms with Gasteiger partial charge < -0.3 is 10.2 Å². The molecule has 0 radical (unpaired) electrons. The molecule has 0 saturated heterocycles. The molecule has 0 aliphatic rings. The van der Waals surface area contributed by atoms with E-state index < -0.39 is 34.4 Å². The quantitative estimate of drug-likeness (QED) is 0.241. The SMILES string of the molecule is CNC(=O)[C@@H](Cc1ccccc1)N(Cc1ccc(Cl)cc1Cl)C(=O)CN(c1ccccc1)S(=O)(=O)c1ccccc1. The highest BCUT2D eigenvalue weighted by molar-refractivity contribution is 7.92. The number of hydrogen-bond acceptors (Lipinski definition) is 4. The molecule has 212 valence electrons. The molecule has 0 bridgehead atoms. The fourth-order valence-electron chi connectivity index (χ4n) is 4.40. The fourth-order valence-corrected chi connectivity index (χ4v) is 6.30. The average molecular weight is 611 g/mol. The second-order valence-electron chi connectivity index (χ2n) is 9.24. The first-order valence-electron chi connectivity index (χ1n) is 12.8. The van der Waals surface area contributed by atoms with Crippen molar-refractivity contribution in [1.82, 2.24) is 10.2 Å². The maximum absolute atomic E-state index is 14.2. The molecular weight excluding hydrogens is 581 g/mol. The van der Waals surface area contributed by atoms with Crippen molar-refractivity contribution < 1.29 is 18.0 Å². The first-order valence-corrected chi connectivity index (χ1v) is 15.0. The minimum absolute atomic E-state index is 0.0380. The van der Waals surface area contributed by atoms with Crippen LogP contribution in [0.15, 0.2) is 114 Å². The summed E-state index contributed by atoms with van der Waals surface area (Å²) in [4.78, 5) is 28.9. The number of para-hydroxylation sites is 1. The van der Waals surface area contributed by atoms with Crippen LogP contribution in [-0.2, 0) is 32.6 Å². The summed E-state index contributed by atoms with van der Waals surface area (Å²) in [6, 6.07) is 29.5. The standard InChI is InChI=1S/C31H29Cl2N3O4S/c1-34-31(38)29(19-23-11-5-2-6-12-23)35(21-24-17-18-25(32)20-28(24)33)30(37)22-36(26-13-7-3-8-14-26)41(39,40)27-15-9-4-10-16-27/h2-18,20,29H,19,21-22H2,1H3,(H,34,38)/t29-/m1/s1. The van der Waals surface area contributed by atoms with Gasteiger partial charge in [0.2, 0.25) is 11.8 Å². The van der Waals surface area contributed by atoms with Gasteiger partial charge in [-0.05, 0) is 47.5 Å². The lowest BCUT2D eigenvalue weighted by Gasteiger charge is -2.33. The zero-order valence-corrected chi connectivity index (χ0v) is 24.6. The number of sulfonamides is 1. The molecule has 0 fully saturated rings. The number of carbonyl (C=O) groups excluding carboxylic acids is 2. The molecule has 7 nitrogen and oxygen atoms in total. The number of halogens is 2. The van der Waals surface area contributed by atoms with Crippen molar-refractivity contribution in [2.75, 3.05) is 17.9 Å².